The molecule has 0 heterocycles. The molecule has 1 aliphatic rings. The van der Waals surface area contributed by atoms with Crippen molar-refractivity contribution in [2.75, 3.05) is 5.32 Å². The first kappa shape index (κ1) is 13.9. The fraction of sp³-hybridized carbons (Fsp3) is 0.316. The summed E-state index contributed by atoms with van der Waals surface area (Å²) in [7, 11) is 0. The van der Waals surface area contributed by atoms with Crippen LogP contribution in [-0.2, 0) is 11.2 Å². The summed E-state index contributed by atoms with van der Waals surface area (Å²) in [4.78, 5) is 12.7. The van der Waals surface area contributed by atoms with Gasteiger partial charge in [-0.25, -0.2) is 0 Å². The molecule has 3 rings (SSSR count). The van der Waals surface area contributed by atoms with Crippen molar-refractivity contribution in [3.8, 4) is 0 Å². The van der Waals surface area contributed by atoms with Crippen LogP contribution in [0.5, 0.6) is 0 Å². The lowest BCUT2D eigenvalue weighted by Crippen LogP contribution is -2.25. The van der Waals surface area contributed by atoms with Gasteiger partial charge in [0.15, 0.2) is 0 Å². The molecule has 0 spiro atoms. The molecule has 2 heteroatoms. The van der Waals surface area contributed by atoms with E-state index in [0.717, 1.165) is 30.5 Å². The van der Waals surface area contributed by atoms with Crippen molar-refractivity contribution >= 4 is 11.6 Å². The lowest BCUT2D eigenvalue weighted by Gasteiger charge is -2.25. The third kappa shape index (κ3) is 2.85. The van der Waals surface area contributed by atoms with E-state index in [4.69, 9.17) is 0 Å². The number of benzene rings is 2. The topological polar surface area (TPSA) is 29.1 Å². The number of hydrogen-bond acceptors (Lipinski definition) is 1. The van der Waals surface area contributed by atoms with E-state index in [1.165, 1.54) is 16.7 Å². The second kappa shape index (κ2) is 5.72. The van der Waals surface area contributed by atoms with E-state index in [2.05, 4.69) is 36.5 Å². The molecule has 0 saturated carbocycles. The maximum absolute atomic E-state index is 12.7. The molecule has 1 N–H and O–H groups in total. The van der Waals surface area contributed by atoms with Crippen molar-refractivity contribution in [1.82, 2.24) is 0 Å². The van der Waals surface area contributed by atoms with Gasteiger partial charge in [0.05, 0.1) is 5.92 Å². The van der Waals surface area contributed by atoms with Gasteiger partial charge >= 0.3 is 0 Å². The summed E-state index contributed by atoms with van der Waals surface area (Å²) < 4.78 is 0. The van der Waals surface area contributed by atoms with Crippen molar-refractivity contribution in [3.05, 3.63) is 64.7 Å². The lowest BCUT2D eigenvalue weighted by atomic mass is 9.82. The minimum absolute atomic E-state index is 0.0179. The monoisotopic (exact) mass is 279 g/mol. The Kier molecular flexibility index (Phi) is 3.78. The molecule has 0 aliphatic heterocycles. The van der Waals surface area contributed by atoms with Crippen LogP contribution in [0.3, 0.4) is 0 Å². The number of anilines is 1. The van der Waals surface area contributed by atoms with Crippen LogP contribution < -0.4 is 5.32 Å². The van der Waals surface area contributed by atoms with Crippen molar-refractivity contribution in [1.29, 1.82) is 0 Å². The van der Waals surface area contributed by atoms with E-state index in [-0.39, 0.29) is 11.8 Å². The number of fused-ring (bicyclic) bond motifs is 1. The molecule has 0 fully saturated rings. The smallest absolute Gasteiger partial charge is 0.231 e. The Labute approximate surface area is 126 Å². The molecule has 108 valence electrons. The number of carbonyl (C=O) groups is 1. The van der Waals surface area contributed by atoms with E-state index in [9.17, 15) is 4.79 Å². The Balaban J connectivity index is 1.83. The van der Waals surface area contributed by atoms with E-state index in [1.54, 1.807) is 0 Å². The summed E-state index contributed by atoms with van der Waals surface area (Å²) in [6.07, 6.45) is 3.11. The van der Waals surface area contributed by atoms with Gasteiger partial charge in [0.2, 0.25) is 5.91 Å². The summed E-state index contributed by atoms with van der Waals surface area (Å²) in [5.41, 5.74) is 5.78. The summed E-state index contributed by atoms with van der Waals surface area (Å²) in [6.45, 7) is 4.10. The average molecular weight is 279 g/mol. The van der Waals surface area contributed by atoms with Gasteiger partial charge in [-0.05, 0) is 55.9 Å². The maximum Gasteiger partial charge on any atom is 0.231 e. The molecule has 1 amide bonds. The van der Waals surface area contributed by atoms with E-state index in [1.807, 2.05) is 25.1 Å². The number of aryl methyl sites for hydroxylation is 3. The molecule has 0 saturated heterocycles. The first-order chi connectivity index (χ1) is 10.1. The molecule has 2 aromatic carbocycles. The van der Waals surface area contributed by atoms with Crippen molar-refractivity contribution in [3.63, 3.8) is 0 Å². The summed E-state index contributed by atoms with van der Waals surface area (Å²) in [5, 5.41) is 3.11. The molecule has 1 atom stereocenters. The highest BCUT2D eigenvalue weighted by atomic mass is 16.1. The molecule has 2 aromatic rings. The van der Waals surface area contributed by atoms with Gasteiger partial charge in [-0.15, -0.1) is 0 Å². The van der Waals surface area contributed by atoms with Crippen LogP contribution in [-0.4, -0.2) is 5.91 Å². The minimum atomic E-state index is -0.0179. The Morgan fingerprint density at radius 3 is 2.76 bits per heavy atom. The quantitative estimate of drug-likeness (QED) is 0.869. The molecule has 2 nitrogen and oxygen atoms in total. The Morgan fingerprint density at radius 1 is 1.14 bits per heavy atom. The van der Waals surface area contributed by atoms with Crippen LogP contribution in [0.2, 0.25) is 0 Å². The Hall–Kier alpha value is -2.09. The molecule has 1 unspecified atom stereocenters. The molecular weight excluding hydrogens is 258 g/mol. The zero-order chi connectivity index (χ0) is 14.8. The maximum atomic E-state index is 12.7. The van der Waals surface area contributed by atoms with Crippen molar-refractivity contribution in [2.45, 2.75) is 39.0 Å². The van der Waals surface area contributed by atoms with Crippen molar-refractivity contribution < 1.29 is 4.79 Å². The van der Waals surface area contributed by atoms with Gasteiger partial charge in [-0.2, -0.15) is 0 Å². The van der Waals surface area contributed by atoms with Gasteiger partial charge in [-0.3, -0.25) is 4.79 Å². The fourth-order valence-corrected chi connectivity index (χ4v) is 3.20. The number of hydrogen-bond donors (Lipinski definition) is 1. The van der Waals surface area contributed by atoms with Crippen LogP contribution in [0.4, 0.5) is 5.69 Å². The molecule has 0 radical (unpaired) electrons. The molecule has 0 aromatic heterocycles. The number of rotatable bonds is 2. The van der Waals surface area contributed by atoms with Gasteiger partial charge in [0.1, 0.15) is 0 Å². The molecule has 0 bridgehead atoms. The van der Waals surface area contributed by atoms with Gasteiger partial charge in [0, 0.05) is 5.69 Å². The number of nitrogens with one attached hydrogen (secondary N) is 1. The van der Waals surface area contributed by atoms with Gasteiger partial charge in [-0.1, -0.05) is 42.0 Å². The molecule has 1 aliphatic carbocycles. The molecule has 21 heavy (non-hydrogen) atoms. The highest BCUT2D eigenvalue weighted by Gasteiger charge is 2.26. The second-order valence-corrected chi connectivity index (χ2v) is 5.95. The third-order valence-electron chi connectivity index (χ3n) is 4.33. The zero-order valence-electron chi connectivity index (χ0n) is 12.6. The van der Waals surface area contributed by atoms with Gasteiger partial charge in [0.25, 0.3) is 0 Å². The van der Waals surface area contributed by atoms with Crippen LogP contribution in [0.1, 0.15) is 41.0 Å². The first-order valence-corrected chi connectivity index (χ1v) is 7.61. The standard InChI is InChI=1S/C19H21NO/c1-13-10-11-18(14(2)12-13)20-19(21)17-9-5-7-15-6-3-4-8-16(15)17/h3-4,6,8,10-12,17H,5,7,9H2,1-2H3,(H,20,21). The van der Waals surface area contributed by atoms with E-state index < -0.39 is 0 Å². The van der Waals surface area contributed by atoms with E-state index in [0.29, 0.717) is 0 Å². The summed E-state index contributed by atoms with van der Waals surface area (Å²) in [6, 6.07) is 14.5. The van der Waals surface area contributed by atoms with Gasteiger partial charge < -0.3 is 5.32 Å². The van der Waals surface area contributed by atoms with Crippen molar-refractivity contribution in [2.24, 2.45) is 0 Å². The summed E-state index contributed by atoms with van der Waals surface area (Å²) in [5.74, 6) is 0.102. The van der Waals surface area contributed by atoms with Crippen LogP contribution in [0.25, 0.3) is 0 Å². The molecular formula is C19H21NO. The SMILES string of the molecule is Cc1ccc(NC(=O)C2CCCc3ccccc32)c(C)c1. The average Bonchev–Trinajstić information content (AvgIpc) is 2.49. The third-order valence-corrected chi connectivity index (χ3v) is 4.33. The highest BCUT2D eigenvalue weighted by Crippen LogP contribution is 2.32. The van der Waals surface area contributed by atoms with E-state index >= 15 is 0 Å². The predicted molar refractivity (Wildman–Crippen MR) is 86.7 cm³/mol. The van der Waals surface area contributed by atoms with Crippen LogP contribution in [0, 0.1) is 13.8 Å². The predicted octanol–water partition coefficient (Wildman–Crippen LogP) is 4.36. The normalized spacial score (nSPS) is 17.1. The largest absolute Gasteiger partial charge is 0.325 e. The zero-order valence-corrected chi connectivity index (χ0v) is 12.6. The summed E-state index contributed by atoms with van der Waals surface area (Å²) >= 11 is 0. The Bertz CT molecular complexity index is 675. The fourth-order valence-electron chi connectivity index (χ4n) is 3.20. The highest BCUT2D eigenvalue weighted by molar-refractivity contribution is 5.96. The first-order valence-electron chi connectivity index (χ1n) is 7.61. The lowest BCUT2D eigenvalue weighted by molar-refractivity contribution is -0.117. The second-order valence-electron chi connectivity index (χ2n) is 5.95. The number of carbonyl (C=O) groups excluding carboxylic acids is 1. The Morgan fingerprint density at radius 2 is 1.95 bits per heavy atom. The van der Waals surface area contributed by atoms with Crippen LogP contribution in [0.15, 0.2) is 42.5 Å². The number of amides is 1. The van der Waals surface area contributed by atoms with Crippen LogP contribution >= 0.6 is 0 Å². The minimum Gasteiger partial charge on any atom is -0.325 e.